The van der Waals surface area contributed by atoms with Gasteiger partial charge in [0.15, 0.2) is 0 Å². The molecular formula is C25H23NO7. The van der Waals surface area contributed by atoms with Crippen molar-refractivity contribution >= 4 is 17.4 Å². The van der Waals surface area contributed by atoms with Crippen molar-refractivity contribution in [3.63, 3.8) is 0 Å². The van der Waals surface area contributed by atoms with Crippen LogP contribution in [0.3, 0.4) is 0 Å². The van der Waals surface area contributed by atoms with Gasteiger partial charge in [-0.05, 0) is 48.5 Å². The number of carbonyl (C=O) groups is 2. The zero-order chi connectivity index (χ0) is 23.5. The summed E-state index contributed by atoms with van der Waals surface area (Å²) in [7, 11) is 4.55. The third-order valence-corrected chi connectivity index (χ3v) is 5.54. The van der Waals surface area contributed by atoms with Crippen molar-refractivity contribution in [3.8, 4) is 17.2 Å². The monoisotopic (exact) mass is 449 g/mol. The van der Waals surface area contributed by atoms with Crippen molar-refractivity contribution in [1.82, 2.24) is 4.90 Å². The number of methoxy groups -OCH3 is 3. The molecule has 0 unspecified atom stereocenters. The second kappa shape index (κ2) is 9.12. The fourth-order valence-corrected chi connectivity index (χ4v) is 3.89. The molecular weight excluding hydrogens is 426 g/mol. The third-order valence-electron chi connectivity index (χ3n) is 5.54. The number of hydrogen-bond donors (Lipinski definition) is 1. The molecule has 1 fully saturated rings. The quantitative estimate of drug-likeness (QED) is 0.332. The molecule has 1 aliphatic heterocycles. The average molecular weight is 449 g/mol. The maximum absolute atomic E-state index is 13.2. The van der Waals surface area contributed by atoms with E-state index in [1.807, 2.05) is 0 Å². The zero-order valence-electron chi connectivity index (χ0n) is 18.4. The lowest BCUT2D eigenvalue weighted by Gasteiger charge is -2.26. The zero-order valence-corrected chi connectivity index (χ0v) is 18.4. The lowest BCUT2D eigenvalue weighted by molar-refractivity contribution is -0.140. The van der Waals surface area contributed by atoms with E-state index < -0.39 is 17.7 Å². The number of Topliss-reactive ketones (excluding diaryl/α,β-unsaturated/α-hetero) is 1. The molecule has 1 amide bonds. The maximum Gasteiger partial charge on any atom is 0.296 e. The normalized spacial score (nSPS) is 17.3. The minimum Gasteiger partial charge on any atom is -0.507 e. The van der Waals surface area contributed by atoms with Gasteiger partial charge in [-0.1, -0.05) is 0 Å². The van der Waals surface area contributed by atoms with Crippen LogP contribution in [0.4, 0.5) is 0 Å². The predicted octanol–water partition coefficient (Wildman–Crippen LogP) is 3.93. The van der Waals surface area contributed by atoms with Gasteiger partial charge in [0.25, 0.3) is 11.7 Å². The number of amides is 1. The molecule has 33 heavy (non-hydrogen) atoms. The van der Waals surface area contributed by atoms with Gasteiger partial charge in [-0.2, -0.15) is 0 Å². The van der Waals surface area contributed by atoms with Crippen molar-refractivity contribution in [3.05, 3.63) is 83.3 Å². The van der Waals surface area contributed by atoms with Crippen molar-refractivity contribution in [2.75, 3.05) is 21.3 Å². The average Bonchev–Trinajstić information content (AvgIpc) is 3.45. The molecule has 4 rings (SSSR count). The maximum atomic E-state index is 13.2. The first-order chi connectivity index (χ1) is 16.0. The summed E-state index contributed by atoms with van der Waals surface area (Å²) in [5.41, 5.74) is 0.864. The lowest BCUT2D eigenvalue weighted by Crippen LogP contribution is -2.29. The van der Waals surface area contributed by atoms with E-state index in [0.29, 0.717) is 34.1 Å². The molecule has 3 aromatic rings. The molecule has 8 heteroatoms. The molecule has 0 bridgehead atoms. The molecule has 170 valence electrons. The van der Waals surface area contributed by atoms with E-state index >= 15 is 0 Å². The molecule has 1 saturated heterocycles. The molecule has 0 radical (unpaired) electrons. The van der Waals surface area contributed by atoms with Crippen LogP contribution in [0.1, 0.15) is 22.9 Å². The topological polar surface area (TPSA) is 98.4 Å². The second-order valence-corrected chi connectivity index (χ2v) is 7.34. The number of rotatable bonds is 7. The lowest BCUT2D eigenvalue weighted by atomic mass is 9.94. The van der Waals surface area contributed by atoms with Crippen LogP contribution in [0, 0.1) is 0 Å². The van der Waals surface area contributed by atoms with Gasteiger partial charge < -0.3 is 28.6 Å². The smallest absolute Gasteiger partial charge is 0.296 e. The Kier molecular flexibility index (Phi) is 6.08. The van der Waals surface area contributed by atoms with Crippen molar-refractivity contribution in [2.45, 2.75) is 12.6 Å². The highest BCUT2D eigenvalue weighted by Crippen LogP contribution is 2.44. The first-order valence-corrected chi connectivity index (χ1v) is 10.2. The number of ketones is 1. The number of nitrogens with zero attached hydrogens (tertiary/aromatic N) is 1. The van der Waals surface area contributed by atoms with Gasteiger partial charge in [0.1, 0.15) is 28.8 Å². The Balaban J connectivity index is 1.90. The fraction of sp³-hybridized carbons (Fsp3) is 0.200. The van der Waals surface area contributed by atoms with E-state index in [2.05, 4.69) is 0 Å². The summed E-state index contributed by atoms with van der Waals surface area (Å²) in [5, 5.41) is 11.2. The van der Waals surface area contributed by atoms with Crippen molar-refractivity contribution < 1.29 is 33.3 Å². The van der Waals surface area contributed by atoms with Gasteiger partial charge in [-0.25, -0.2) is 0 Å². The number of benzene rings is 2. The minimum atomic E-state index is -0.905. The standard InChI is InChI=1S/C25H23NO7/c1-30-16-8-6-15(7-9-16)23(27)21-22(19-11-10-17(31-2)13-20(19)32-3)26(25(29)24(21)28)14-18-5-4-12-33-18/h4-13,22,27H,14H2,1-3H3/t22-/m1/s1. The van der Waals surface area contributed by atoms with Crippen LogP contribution in [-0.4, -0.2) is 43.0 Å². The SMILES string of the molecule is COc1ccc(C(O)=C2C(=O)C(=O)N(Cc3ccco3)[C@@H]2c2ccc(OC)cc2OC)cc1. The summed E-state index contributed by atoms with van der Waals surface area (Å²) in [6, 6.07) is 14.2. The molecule has 1 atom stereocenters. The highest BCUT2D eigenvalue weighted by atomic mass is 16.5. The fourth-order valence-electron chi connectivity index (χ4n) is 3.89. The van der Waals surface area contributed by atoms with E-state index in [-0.39, 0.29) is 17.9 Å². The van der Waals surface area contributed by atoms with Crippen LogP contribution in [0.15, 0.2) is 70.9 Å². The van der Waals surface area contributed by atoms with Gasteiger partial charge in [-0.15, -0.1) is 0 Å². The molecule has 8 nitrogen and oxygen atoms in total. The number of carbonyl (C=O) groups excluding carboxylic acids is 2. The summed E-state index contributed by atoms with van der Waals surface area (Å²) in [4.78, 5) is 27.6. The number of aliphatic hydroxyl groups is 1. The minimum absolute atomic E-state index is 0.0385. The van der Waals surface area contributed by atoms with Crippen molar-refractivity contribution in [1.29, 1.82) is 0 Å². The molecule has 0 aliphatic carbocycles. The van der Waals surface area contributed by atoms with E-state index in [1.54, 1.807) is 54.6 Å². The van der Waals surface area contributed by atoms with Crippen LogP contribution in [0.5, 0.6) is 17.2 Å². The molecule has 1 aromatic heterocycles. The molecule has 2 aromatic carbocycles. The van der Waals surface area contributed by atoms with Crippen LogP contribution in [0.2, 0.25) is 0 Å². The Morgan fingerprint density at radius 1 is 0.970 bits per heavy atom. The Morgan fingerprint density at radius 3 is 2.27 bits per heavy atom. The molecule has 1 aliphatic rings. The van der Waals surface area contributed by atoms with Gasteiger partial charge >= 0.3 is 0 Å². The van der Waals surface area contributed by atoms with E-state index in [9.17, 15) is 14.7 Å². The molecule has 1 N–H and O–H groups in total. The second-order valence-electron chi connectivity index (χ2n) is 7.34. The van der Waals surface area contributed by atoms with Gasteiger partial charge in [0, 0.05) is 17.2 Å². The Morgan fingerprint density at radius 2 is 1.67 bits per heavy atom. The van der Waals surface area contributed by atoms with E-state index in [4.69, 9.17) is 18.6 Å². The summed E-state index contributed by atoms with van der Waals surface area (Å²) < 4.78 is 21.4. The molecule has 0 spiro atoms. The van der Waals surface area contributed by atoms with Crippen LogP contribution in [0.25, 0.3) is 5.76 Å². The largest absolute Gasteiger partial charge is 0.507 e. The Bertz CT molecular complexity index is 1200. The van der Waals surface area contributed by atoms with E-state index in [1.165, 1.54) is 32.5 Å². The number of likely N-dealkylation sites (tertiary alicyclic amines) is 1. The van der Waals surface area contributed by atoms with Crippen LogP contribution in [-0.2, 0) is 16.1 Å². The first-order valence-electron chi connectivity index (χ1n) is 10.2. The highest BCUT2D eigenvalue weighted by molar-refractivity contribution is 6.46. The van der Waals surface area contributed by atoms with Crippen LogP contribution < -0.4 is 14.2 Å². The summed E-state index contributed by atoms with van der Waals surface area (Å²) >= 11 is 0. The van der Waals surface area contributed by atoms with E-state index in [0.717, 1.165) is 0 Å². The summed E-state index contributed by atoms with van der Waals surface area (Å²) in [6.45, 7) is 0.0385. The predicted molar refractivity (Wildman–Crippen MR) is 119 cm³/mol. The first kappa shape index (κ1) is 22.0. The van der Waals surface area contributed by atoms with Crippen molar-refractivity contribution in [2.24, 2.45) is 0 Å². The summed E-state index contributed by atoms with van der Waals surface area (Å²) in [5.74, 6) is 0.222. The summed E-state index contributed by atoms with van der Waals surface area (Å²) in [6.07, 6.45) is 1.49. The van der Waals surface area contributed by atoms with Gasteiger partial charge in [0.05, 0.1) is 45.8 Å². The number of ether oxygens (including phenoxy) is 3. The Hall–Kier alpha value is -4.20. The highest BCUT2D eigenvalue weighted by Gasteiger charge is 2.47. The Labute approximate surface area is 190 Å². The number of furan rings is 1. The third kappa shape index (κ3) is 4.03. The molecule has 2 heterocycles. The van der Waals surface area contributed by atoms with Gasteiger partial charge in [0.2, 0.25) is 0 Å². The van der Waals surface area contributed by atoms with Crippen LogP contribution >= 0.6 is 0 Å². The number of aliphatic hydroxyl groups excluding tert-OH is 1. The number of hydrogen-bond acceptors (Lipinski definition) is 7. The van der Waals surface area contributed by atoms with Gasteiger partial charge in [-0.3, -0.25) is 9.59 Å². The molecule has 0 saturated carbocycles.